The van der Waals surface area contributed by atoms with E-state index in [0.717, 1.165) is 14.5 Å². The van der Waals surface area contributed by atoms with Gasteiger partial charge in [0.25, 0.3) is 0 Å². The van der Waals surface area contributed by atoms with Crippen LogP contribution in [0.25, 0.3) is 10.1 Å². The molecule has 0 bridgehead atoms. The smallest absolute Gasteiger partial charge is 0.131 e. The summed E-state index contributed by atoms with van der Waals surface area (Å²) in [6, 6.07) is 4.67. The van der Waals surface area contributed by atoms with Gasteiger partial charge >= 0.3 is 0 Å². The van der Waals surface area contributed by atoms with Crippen LogP contribution in [-0.4, -0.2) is 5.11 Å². The summed E-state index contributed by atoms with van der Waals surface area (Å²) in [6.45, 7) is -0.0496. The molecule has 0 atom stereocenters. The minimum absolute atomic E-state index is 0.0496. The number of rotatable bonds is 1. The van der Waals surface area contributed by atoms with E-state index in [9.17, 15) is 4.39 Å². The van der Waals surface area contributed by atoms with Crippen molar-refractivity contribution < 1.29 is 9.50 Å². The van der Waals surface area contributed by atoms with Gasteiger partial charge < -0.3 is 5.11 Å². The molecule has 68 valence electrons. The quantitative estimate of drug-likeness (QED) is 0.699. The Bertz CT molecular complexity index is 411. The number of hydrogen-bond acceptors (Lipinski definition) is 3. The highest BCUT2D eigenvalue weighted by atomic mass is 32.1. The highest BCUT2D eigenvalue weighted by molar-refractivity contribution is 7.80. The lowest BCUT2D eigenvalue weighted by atomic mass is 10.2. The normalized spacial score (nSPS) is 11.0. The number of aliphatic hydroxyl groups is 1. The van der Waals surface area contributed by atoms with E-state index in [-0.39, 0.29) is 12.4 Å². The first-order valence-corrected chi connectivity index (χ1v) is 4.99. The van der Waals surface area contributed by atoms with E-state index in [1.54, 1.807) is 12.1 Å². The second-order valence-corrected chi connectivity index (χ2v) is 4.30. The van der Waals surface area contributed by atoms with Crippen LogP contribution in [-0.2, 0) is 6.61 Å². The topological polar surface area (TPSA) is 20.2 Å². The Hall–Kier alpha value is -0.580. The summed E-state index contributed by atoms with van der Waals surface area (Å²) in [6.07, 6.45) is 0. The van der Waals surface area contributed by atoms with Gasteiger partial charge in [0.05, 0.1) is 11.3 Å². The summed E-state index contributed by atoms with van der Waals surface area (Å²) < 4.78 is 14.0. The van der Waals surface area contributed by atoms with Crippen molar-refractivity contribution in [2.45, 2.75) is 11.5 Å². The first-order valence-electron chi connectivity index (χ1n) is 3.73. The van der Waals surface area contributed by atoms with E-state index in [0.29, 0.717) is 5.39 Å². The fraction of sp³-hybridized carbons (Fsp3) is 0.111. The molecule has 0 amide bonds. The van der Waals surface area contributed by atoms with Gasteiger partial charge in [-0.3, -0.25) is 0 Å². The lowest BCUT2D eigenvalue weighted by Gasteiger charge is -1.94. The maximum atomic E-state index is 13.2. The molecule has 0 unspecified atom stereocenters. The largest absolute Gasteiger partial charge is 0.391 e. The Morgan fingerprint density at radius 1 is 1.46 bits per heavy atom. The molecule has 1 heterocycles. The summed E-state index contributed by atoms with van der Waals surface area (Å²) in [5.41, 5.74) is 0. The summed E-state index contributed by atoms with van der Waals surface area (Å²) >= 11 is 5.58. The highest BCUT2D eigenvalue weighted by Crippen LogP contribution is 2.32. The van der Waals surface area contributed by atoms with Crippen molar-refractivity contribution in [2.24, 2.45) is 0 Å². The Labute approximate surface area is 84.2 Å². The van der Waals surface area contributed by atoms with Crippen LogP contribution in [0.15, 0.2) is 23.1 Å². The van der Waals surface area contributed by atoms with Crippen LogP contribution >= 0.6 is 24.0 Å². The molecular weight excluding hydrogens is 207 g/mol. The van der Waals surface area contributed by atoms with E-state index in [4.69, 9.17) is 5.11 Å². The van der Waals surface area contributed by atoms with Gasteiger partial charge in [-0.15, -0.1) is 24.0 Å². The number of halogens is 1. The third kappa shape index (κ3) is 1.45. The van der Waals surface area contributed by atoms with Crippen molar-refractivity contribution in [3.63, 3.8) is 0 Å². The zero-order valence-electron chi connectivity index (χ0n) is 6.62. The number of fused-ring (bicyclic) bond motifs is 1. The fourth-order valence-electron chi connectivity index (χ4n) is 1.21. The first-order chi connectivity index (χ1) is 6.22. The lowest BCUT2D eigenvalue weighted by molar-refractivity contribution is 0.285. The Kier molecular flexibility index (Phi) is 2.27. The van der Waals surface area contributed by atoms with E-state index in [1.165, 1.54) is 17.4 Å². The molecule has 1 nitrogen and oxygen atoms in total. The number of benzene rings is 1. The van der Waals surface area contributed by atoms with Gasteiger partial charge in [0.2, 0.25) is 0 Å². The summed E-state index contributed by atoms with van der Waals surface area (Å²) in [5.74, 6) is -0.260. The van der Waals surface area contributed by atoms with E-state index in [1.807, 2.05) is 0 Å². The molecule has 0 saturated heterocycles. The second-order valence-electron chi connectivity index (χ2n) is 2.68. The molecule has 0 aliphatic heterocycles. The van der Waals surface area contributed by atoms with Gasteiger partial charge in [0.15, 0.2) is 0 Å². The second kappa shape index (κ2) is 3.29. The molecule has 0 spiro atoms. The zero-order chi connectivity index (χ0) is 9.42. The SMILES string of the molecule is OCc1cc2c(F)ccc(S)c2s1. The van der Waals surface area contributed by atoms with Gasteiger partial charge in [0.1, 0.15) is 5.82 Å². The van der Waals surface area contributed by atoms with Crippen molar-refractivity contribution in [3.8, 4) is 0 Å². The van der Waals surface area contributed by atoms with Crippen molar-refractivity contribution in [1.29, 1.82) is 0 Å². The van der Waals surface area contributed by atoms with Gasteiger partial charge in [-0.25, -0.2) is 4.39 Å². The molecule has 1 aromatic carbocycles. The molecule has 0 aliphatic rings. The minimum Gasteiger partial charge on any atom is -0.391 e. The van der Waals surface area contributed by atoms with Crippen LogP contribution in [0.2, 0.25) is 0 Å². The summed E-state index contributed by atoms with van der Waals surface area (Å²) in [7, 11) is 0. The van der Waals surface area contributed by atoms with Gasteiger partial charge in [0, 0.05) is 15.2 Å². The summed E-state index contributed by atoms with van der Waals surface area (Å²) in [5, 5.41) is 9.43. The average molecular weight is 214 g/mol. The molecule has 1 N–H and O–H groups in total. The molecule has 13 heavy (non-hydrogen) atoms. The number of thiophene rings is 1. The van der Waals surface area contributed by atoms with Crippen molar-refractivity contribution in [2.75, 3.05) is 0 Å². The maximum absolute atomic E-state index is 13.2. The van der Waals surface area contributed by atoms with Crippen LogP contribution in [0.3, 0.4) is 0 Å². The van der Waals surface area contributed by atoms with Crippen LogP contribution in [0.1, 0.15) is 4.88 Å². The lowest BCUT2D eigenvalue weighted by Crippen LogP contribution is -1.74. The van der Waals surface area contributed by atoms with Crippen LogP contribution < -0.4 is 0 Å². The van der Waals surface area contributed by atoms with Gasteiger partial charge in [-0.1, -0.05) is 0 Å². The molecule has 2 rings (SSSR count). The molecule has 4 heteroatoms. The molecule has 0 radical (unpaired) electrons. The van der Waals surface area contributed by atoms with E-state index >= 15 is 0 Å². The van der Waals surface area contributed by atoms with E-state index in [2.05, 4.69) is 12.6 Å². The average Bonchev–Trinajstić information content (AvgIpc) is 2.56. The monoisotopic (exact) mass is 214 g/mol. The summed E-state index contributed by atoms with van der Waals surface area (Å²) in [4.78, 5) is 1.51. The molecule has 1 aromatic heterocycles. The molecule has 2 aromatic rings. The number of aliphatic hydroxyl groups excluding tert-OH is 1. The minimum atomic E-state index is -0.260. The van der Waals surface area contributed by atoms with Crippen LogP contribution in [0.5, 0.6) is 0 Å². The molecule has 0 aliphatic carbocycles. The van der Waals surface area contributed by atoms with Crippen LogP contribution in [0.4, 0.5) is 4.39 Å². The Morgan fingerprint density at radius 2 is 2.23 bits per heavy atom. The first kappa shape index (κ1) is 8.99. The van der Waals surface area contributed by atoms with Crippen LogP contribution in [0, 0.1) is 5.82 Å². The van der Waals surface area contributed by atoms with Crippen molar-refractivity contribution in [1.82, 2.24) is 0 Å². The predicted octanol–water partition coefficient (Wildman–Crippen LogP) is 2.82. The zero-order valence-corrected chi connectivity index (χ0v) is 8.33. The molecule has 0 fully saturated rings. The molecular formula is C9H7FOS2. The Morgan fingerprint density at radius 3 is 2.85 bits per heavy atom. The Balaban J connectivity index is 2.80. The van der Waals surface area contributed by atoms with Gasteiger partial charge in [-0.05, 0) is 18.2 Å². The van der Waals surface area contributed by atoms with Crippen molar-refractivity contribution in [3.05, 3.63) is 28.9 Å². The highest BCUT2D eigenvalue weighted by Gasteiger charge is 2.07. The van der Waals surface area contributed by atoms with E-state index < -0.39 is 0 Å². The number of hydrogen-bond donors (Lipinski definition) is 2. The number of thiol groups is 1. The third-order valence-electron chi connectivity index (χ3n) is 1.82. The standard InChI is InChI=1S/C9H7FOS2/c10-7-1-2-8(12)9-6(7)3-5(4-11)13-9/h1-3,11-12H,4H2. The van der Waals surface area contributed by atoms with Crippen molar-refractivity contribution >= 4 is 34.1 Å². The van der Waals surface area contributed by atoms with Gasteiger partial charge in [-0.2, -0.15) is 0 Å². The predicted molar refractivity (Wildman–Crippen MR) is 55.0 cm³/mol. The maximum Gasteiger partial charge on any atom is 0.131 e. The molecule has 0 saturated carbocycles. The third-order valence-corrected chi connectivity index (χ3v) is 3.49. The fourth-order valence-corrected chi connectivity index (χ4v) is 2.48.